The molecular weight excluding hydrogens is 557 g/mol. The summed E-state index contributed by atoms with van der Waals surface area (Å²) < 4.78 is 2.68. The maximum Gasteiger partial charge on any atom is 0.172 e. The van der Waals surface area contributed by atoms with Crippen molar-refractivity contribution >= 4 is 62.2 Å². The molecule has 176 valence electrons. The van der Waals surface area contributed by atoms with Gasteiger partial charge in [0.1, 0.15) is 5.82 Å². The summed E-state index contributed by atoms with van der Waals surface area (Å²) >= 11 is 22.5. The molecule has 2 aromatic carbocycles. The van der Waals surface area contributed by atoms with Gasteiger partial charge in [-0.25, -0.2) is 4.98 Å². The number of rotatable bonds is 6. The van der Waals surface area contributed by atoms with Gasteiger partial charge < -0.3 is 5.32 Å². The molecule has 0 spiro atoms. The van der Waals surface area contributed by atoms with E-state index in [1.807, 2.05) is 53.0 Å². The van der Waals surface area contributed by atoms with Crippen LogP contribution in [0, 0.1) is 5.92 Å². The first kappa shape index (κ1) is 23.9. The molecule has 1 fully saturated rings. The van der Waals surface area contributed by atoms with Gasteiger partial charge in [0.05, 0.1) is 16.4 Å². The third-order valence-electron chi connectivity index (χ3n) is 6.26. The van der Waals surface area contributed by atoms with E-state index in [0.717, 1.165) is 81.8 Å². The van der Waals surface area contributed by atoms with Crippen molar-refractivity contribution in [2.45, 2.75) is 19.4 Å². The Kier molecular flexibility index (Phi) is 7.32. The number of nitrogens with zero attached hydrogens (tertiary/aromatic N) is 4. The second-order valence-corrected chi connectivity index (χ2v) is 10.7. The van der Waals surface area contributed by atoms with Crippen LogP contribution in [-0.2, 0) is 6.54 Å². The van der Waals surface area contributed by atoms with E-state index in [-0.39, 0.29) is 0 Å². The quantitative estimate of drug-likeness (QED) is 0.258. The Morgan fingerprint density at radius 1 is 1.00 bits per heavy atom. The summed E-state index contributed by atoms with van der Waals surface area (Å²) in [6.45, 7) is 3.75. The maximum atomic E-state index is 6.45. The lowest BCUT2D eigenvalue weighted by molar-refractivity contribution is 0.182. The van der Waals surface area contributed by atoms with Gasteiger partial charge in [-0.05, 0) is 77.6 Å². The van der Waals surface area contributed by atoms with Gasteiger partial charge in [0, 0.05) is 39.8 Å². The Labute approximate surface area is 222 Å². The first-order valence-corrected chi connectivity index (χ1v) is 13.1. The van der Waals surface area contributed by atoms with Crippen LogP contribution < -0.4 is 5.32 Å². The number of hydrogen-bond donors (Lipinski definition) is 1. The first-order chi connectivity index (χ1) is 16.5. The number of aromatic nitrogens is 3. The summed E-state index contributed by atoms with van der Waals surface area (Å²) in [7, 11) is 0. The number of likely N-dealkylation sites (tertiary alicyclic amines) is 1. The fourth-order valence-corrected chi connectivity index (χ4v) is 5.32. The Morgan fingerprint density at radius 3 is 2.59 bits per heavy atom. The monoisotopic (exact) mass is 577 g/mol. The van der Waals surface area contributed by atoms with Gasteiger partial charge >= 0.3 is 0 Å². The maximum absolute atomic E-state index is 6.45. The van der Waals surface area contributed by atoms with E-state index < -0.39 is 0 Å². The molecule has 34 heavy (non-hydrogen) atoms. The minimum atomic E-state index is 0.567. The van der Waals surface area contributed by atoms with Crippen molar-refractivity contribution in [2.75, 3.05) is 25.0 Å². The molecule has 0 radical (unpaired) electrons. The molecule has 1 N–H and O–H groups in total. The smallest absolute Gasteiger partial charge is 0.172 e. The molecule has 1 aliphatic heterocycles. The van der Waals surface area contributed by atoms with Crippen LogP contribution in [0.4, 0.5) is 5.82 Å². The molecule has 2 aromatic heterocycles. The van der Waals surface area contributed by atoms with Crippen LogP contribution in [0.25, 0.3) is 16.9 Å². The van der Waals surface area contributed by atoms with E-state index in [1.165, 1.54) is 0 Å². The van der Waals surface area contributed by atoms with Crippen LogP contribution in [0.15, 0.2) is 59.2 Å². The third-order valence-corrected chi connectivity index (χ3v) is 7.75. The van der Waals surface area contributed by atoms with E-state index in [4.69, 9.17) is 39.8 Å². The molecule has 0 atom stereocenters. The summed E-state index contributed by atoms with van der Waals surface area (Å²) in [4.78, 5) is 7.23. The van der Waals surface area contributed by atoms with Crippen LogP contribution in [0.1, 0.15) is 18.4 Å². The lowest BCUT2D eigenvalue weighted by Crippen LogP contribution is -2.35. The van der Waals surface area contributed by atoms with Gasteiger partial charge in [-0.15, -0.1) is 0 Å². The molecule has 4 aromatic rings. The van der Waals surface area contributed by atoms with Gasteiger partial charge in [-0.2, -0.15) is 9.61 Å². The van der Waals surface area contributed by atoms with Crippen molar-refractivity contribution in [2.24, 2.45) is 5.92 Å². The summed E-state index contributed by atoms with van der Waals surface area (Å²) in [5, 5.41) is 10.3. The molecule has 1 saturated heterocycles. The van der Waals surface area contributed by atoms with E-state index in [0.29, 0.717) is 10.9 Å². The number of benzene rings is 2. The molecule has 0 unspecified atom stereocenters. The van der Waals surface area contributed by atoms with Crippen LogP contribution in [-0.4, -0.2) is 39.1 Å². The van der Waals surface area contributed by atoms with Crippen LogP contribution in [0.3, 0.4) is 0 Å². The fourth-order valence-electron chi connectivity index (χ4n) is 4.37. The van der Waals surface area contributed by atoms with Crippen molar-refractivity contribution in [1.29, 1.82) is 0 Å². The average molecular weight is 580 g/mol. The molecule has 0 bridgehead atoms. The minimum absolute atomic E-state index is 0.567. The van der Waals surface area contributed by atoms with Crippen LogP contribution >= 0.6 is 50.7 Å². The number of anilines is 1. The van der Waals surface area contributed by atoms with Gasteiger partial charge in [0.25, 0.3) is 0 Å². The Balaban J connectivity index is 1.27. The van der Waals surface area contributed by atoms with Gasteiger partial charge in [-0.3, -0.25) is 4.90 Å². The lowest BCUT2D eigenvalue weighted by Gasteiger charge is -2.32. The summed E-state index contributed by atoms with van der Waals surface area (Å²) in [5.41, 5.74) is 3.56. The average Bonchev–Trinajstić information content (AvgIpc) is 3.22. The topological polar surface area (TPSA) is 45.5 Å². The Bertz CT molecular complexity index is 1320. The molecule has 0 aliphatic carbocycles. The van der Waals surface area contributed by atoms with Crippen LogP contribution in [0.5, 0.6) is 0 Å². The summed E-state index contributed by atoms with van der Waals surface area (Å²) in [6.07, 6.45) is 3.99. The van der Waals surface area contributed by atoms with Gasteiger partial charge in [-0.1, -0.05) is 53.0 Å². The minimum Gasteiger partial charge on any atom is -0.370 e. The van der Waals surface area contributed by atoms with Crippen molar-refractivity contribution in [3.8, 4) is 11.3 Å². The van der Waals surface area contributed by atoms with E-state index in [2.05, 4.69) is 31.2 Å². The highest BCUT2D eigenvalue weighted by Crippen LogP contribution is 2.31. The van der Waals surface area contributed by atoms with Crippen molar-refractivity contribution in [3.63, 3.8) is 0 Å². The van der Waals surface area contributed by atoms with E-state index in [9.17, 15) is 0 Å². The van der Waals surface area contributed by atoms with E-state index >= 15 is 0 Å². The number of fused-ring (bicyclic) bond motifs is 1. The molecular formula is C25H23BrCl3N5. The highest BCUT2D eigenvalue weighted by atomic mass is 79.9. The second kappa shape index (κ2) is 10.4. The number of halogens is 4. The predicted molar refractivity (Wildman–Crippen MR) is 144 cm³/mol. The zero-order valence-corrected chi connectivity index (χ0v) is 22.2. The standard InChI is InChI=1S/C25H23BrCl3N5/c26-20-14-31-34-24(12-23(32-25(20)34)19-3-1-2-4-22(19)29)30-13-16-7-9-33(10-8-16)15-17-11-18(27)5-6-21(17)28/h1-6,11-12,14,16,30H,7-10,13,15H2. The predicted octanol–water partition coefficient (Wildman–Crippen LogP) is 7.44. The van der Waals surface area contributed by atoms with Crippen molar-refractivity contribution in [1.82, 2.24) is 19.5 Å². The zero-order valence-electron chi connectivity index (χ0n) is 18.3. The van der Waals surface area contributed by atoms with Gasteiger partial charge in [0.15, 0.2) is 5.65 Å². The molecule has 5 rings (SSSR count). The lowest BCUT2D eigenvalue weighted by atomic mass is 9.96. The highest BCUT2D eigenvalue weighted by molar-refractivity contribution is 9.10. The van der Waals surface area contributed by atoms with Crippen molar-refractivity contribution < 1.29 is 0 Å². The molecule has 1 aliphatic rings. The van der Waals surface area contributed by atoms with Crippen molar-refractivity contribution in [3.05, 3.63) is 79.8 Å². The Hall–Kier alpha value is -1.83. The Morgan fingerprint density at radius 2 is 1.79 bits per heavy atom. The van der Waals surface area contributed by atoms with Crippen LogP contribution in [0.2, 0.25) is 15.1 Å². The zero-order chi connectivity index (χ0) is 23.7. The number of hydrogen-bond acceptors (Lipinski definition) is 4. The number of nitrogens with one attached hydrogen (secondary N) is 1. The van der Waals surface area contributed by atoms with E-state index in [1.54, 1.807) is 6.20 Å². The summed E-state index contributed by atoms with van der Waals surface area (Å²) in [5.74, 6) is 1.47. The summed E-state index contributed by atoms with van der Waals surface area (Å²) in [6, 6.07) is 15.4. The SMILES string of the molecule is Clc1ccc(Cl)c(CN2CCC(CNc3cc(-c4ccccc4Cl)nc4c(Br)cnn34)CC2)c1. The fraction of sp³-hybridized carbons (Fsp3) is 0.280. The molecule has 5 nitrogen and oxygen atoms in total. The normalized spacial score (nSPS) is 15.2. The molecule has 0 saturated carbocycles. The molecule has 3 heterocycles. The first-order valence-electron chi connectivity index (χ1n) is 11.2. The highest BCUT2D eigenvalue weighted by Gasteiger charge is 2.21. The molecule has 9 heteroatoms. The van der Waals surface area contributed by atoms with Gasteiger partial charge in [0.2, 0.25) is 0 Å². The third kappa shape index (κ3) is 5.21. The second-order valence-electron chi connectivity index (χ2n) is 8.57. The molecule has 0 amide bonds. The number of piperidine rings is 1. The largest absolute Gasteiger partial charge is 0.370 e.